The number of thiophene rings is 1. The van der Waals surface area contributed by atoms with Crippen molar-refractivity contribution in [3.8, 4) is 0 Å². The molecule has 0 bridgehead atoms. The van der Waals surface area contributed by atoms with E-state index in [0.29, 0.717) is 4.88 Å². The van der Waals surface area contributed by atoms with Crippen LogP contribution in [-0.2, 0) is 26.1 Å². The summed E-state index contributed by atoms with van der Waals surface area (Å²) in [5.41, 5.74) is -0.385. The number of morpholine rings is 1. The Hall–Kier alpha value is -2.38. The quantitative estimate of drug-likeness (QED) is 0.575. The minimum absolute atomic E-state index is 0.0425. The molecule has 0 radical (unpaired) electrons. The average Bonchev–Trinajstić information content (AvgIpc) is 3.11. The van der Waals surface area contributed by atoms with Crippen LogP contribution >= 0.6 is 22.9 Å². The van der Waals surface area contributed by atoms with Crippen LogP contribution in [0.4, 0.5) is 10.1 Å². The number of sulfonamides is 1. The first-order valence-electron chi connectivity index (χ1n) is 9.50. The van der Waals surface area contributed by atoms with Crippen LogP contribution in [0.2, 0.25) is 5.02 Å². The minimum Gasteiger partial charge on any atom is -0.379 e. The van der Waals surface area contributed by atoms with Gasteiger partial charge < -0.3 is 10.1 Å². The average molecular weight is 501 g/mol. The fraction of sp³-hybridized carbons (Fsp3) is 0.316. The maximum Gasteiger partial charge on any atom is 0.263 e. The monoisotopic (exact) mass is 500 g/mol. The second kappa shape index (κ2) is 8.87. The number of aryl methyl sites for hydroxylation is 1. The molecule has 1 amide bonds. The first-order valence-corrected chi connectivity index (χ1v) is 12.1. The Kier molecular flexibility index (Phi) is 6.32. The molecule has 170 valence electrons. The number of nitrogens with one attached hydrogen (secondary N) is 1. The maximum atomic E-state index is 13.3. The van der Waals surface area contributed by atoms with E-state index in [1.54, 1.807) is 6.92 Å². The van der Waals surface area contributed by atoms with E-state index in [9.17, 15) is 22.4 Å². The number of fused-ring (bicyclic) bond motifs is 1. The highest BCUT2D eigenvalue weighted by molar-refractivity contribution is 7.89. The topological polar surface area (TPSA) is 111 Å². The summed E-state index contributed by atoms with van der Waals surface area (Å²) in [6, 6.07) is 3.68. The number of carbonyl (C=O) groups excluding carboxylic acids is 1. The normalized spacial score (nSPS) is 15.2. The van der Waals surface area contributed by atoms with Crippen molar-refractivity contribution in [3.63, 3.8) is 0 Å². The SMILES string of the molecule is Cc1sc2ncn(CC(=O)Nc3ccc(F)c(Cl)c3)c(=O)c2c1S(=O)(=O)N1CCOCC1. The first-order chi connectivity index (χ1) is 15.2. The fourth-order valence-electron chi connectivity index (χ4n) is 3.38. The molecule has 1 saturated heterocycles. The van der Waals surface area contributed by atoms with Crippen molar-refractivity contribution in [2.24, 2.45) is 0 Å². The summed E-state index contributed by atoms with van der Waals surface area (Å²) in [6.07, 6.45) is 1.20. The van der Waals surface area contributed by atoms with Gasteiger partial charge in [0.15, 0.2) is 0 Å². The van der Waals surface area contributed by atoms with Gasteiger partial charge in [0.05, 0.1) is 29.9 Å². The first kappa shape index (κ1) is 22.8. The van der Waals surface area contributed by atoms with E-state index in [2.05, 4.69) is 10.3 Å². The van der Waals surface area contributed by atoms with Gasteiger partial charge in [-0.2, -0.15) is 4.31 Å². The zero-order chi connectivity index (χ0) is 23.0. The molecular weight excluding hydrogens is 483 g/mol. The molecule has 0 saturated carbocycles. The van der Waals surface area contributed by atoms with Gasteiger partial charge in [0.1, 0.15) is 22.1 Å². The second-order valence-electron chi connectivity index (χ2n) is 7.04. The van der Waals surface area contributed by atoms with E-state index in [1.807, 2.05) is 0 Å². The largest absolute Gasteiger partial charge is 0.379 e. The van der Waals surface area contributed by atoms with Crippen LogP contribution in [0.5, 0.6) is 0 Å². The molecule has 3 heterocycles. The third-order valence-corrected chi connectivity index (χ3v) is 8.39. The molecule has 4 rings (SSSR count). The Morgan fingerprint density at radius 3 is 2.75 bits per heavy atom. The molecule has 9 nitrogen and oxygen atoms in total. The summed E-state index contributed by atoms with van der Waals surface area (Å²) in [6.45, 7) is 2.14. The number of hydrogen-bond donors (Lipinski definition) is 1. The Balaban J connectivity index is 1.67. The highest BCUT2D eigenvalue weighted by Crippen LogP contribution is 2.33. The molecule has 1 N–H and O–H groups in total. The summed E-state index contributed by atoms with van der Waals surface area (Å²) in [7, 11) is -3.94. The number of aromatic nitrogens is 2. The van der Waals surface area contributed by atoms with Gasteiger partial charge in [-0.1, -0.05) is 11.6 Å². The Morgan fingerprint density at radius 1 is 1.34 bits per heavy atom. The molecule has 0 spiro atoms. The lowest BCUT2D eigenvalue weighted by atomic mass is 10.3. The molecular formula is C19H18ClFN4O5S2. The van der Waals surface area contributed by atoms with Crippen LogP contribution in [0, 0.1) is 12.7 Å². The summed E-state index contributed by atoms with van der Waals surface area (Å²) in [5, 5.41) is 2.32. The minimum atomic E-state index is -3.94. The molecule has 13 heteroatoms. The van der Waals surface area contributed by atoms with E-state index < -0.39 is 33.9 Å². The smallest absolute Gasteiger partial charge is 0.263 e. The van der Waals surface area contributed by atoms with Crippen LogP contribution in [0.1, 0.15) is 4.88 Å². The van der Waals surface area contributed by atoms with Gasteiger partial charge in [-0.05, 0) is 25.1 Å². The van der Waals surface area contributed by atoms with Gasteiger partial charge >= 0.3 is 0 Å². The molecule has 1 aliphatic rings. The van der Waals surface area contributed by atoms with E-state index in [-0.39, 0.29) is 52.1 Å². The lowest BCUT2D eigenvalue weighted by Gasteiger charge is -2.26. The third kappa shape index (κ3) is 4.28. The van der Waals surface area contributed by atoms with Gasteiger partial charge in [0.2, 0.25) is 15.9 Å². The van der Waals surface area contributed by atoms with Gasteiger partial charge in [-0.3, -0.25) is 14.2 Å². The molecule has 1 fully saturated rings. The number of nitrogens with zero attached hydrogens (tertiary/aromatic N) is 3. The molecule has 0 aliphatic carbocycles. The highest BCUT2D eigenvalue weighted by atomic mass is 35.5. The van der Waals surface area contributed by atoms with E-state index >= 15 is 0 Å². The number of halogens is 2. The van der Waals surface area contributed by atoms with Crippen LogP contribution in [0.15, 0.2) is 34.2 Å². The summed E-state index contributed by atoms with van der Waals surface area (Å²) >= 11 is 6.82. The summed E-state index contributed by atoms with van der Waals surface area (Å²) in [4.78, 5) is 30.4. The highest BCUT2D eigenvalue weighted by Gasteiger charge is 2.32. The van der Waals surface area contributed by atoms with Gasteiger partial charge in [0, 0.05) is 23.7 Å². The van der Waals surface area contributed by atoms with Gasteiger partial charge in [-0.25, -0.2) is 17.8 Å². The molecule has 1 aliphatic heterocycles. The molecule has 1 aromatic carbocycles. The predicted octanol–water partition coefficient (Wildman–Crippen LogP) is 2.22. The van der Waals surface area contributed by atoms with Gasteiger partial charge in [0.25, 0.3) is 5.56 Å². The summed E-state index contributed by atoms with van der Waals surface area (Å²) < 4.78 is 47.3. The Bertz CT molecular complexity index is 1370. The predicted molar refractivity (Wildman–Crippen MR) is 118 cm³/mol. The van der Waals surface area contributed by atoms with E-state index in [0.717, 1.165) is 22.0 Å². The lowest BCUT2D eigenvalue weighted by Crippen LogP contribution is -2.41. The standard InChI is InChI=1S/C19H18ClFN4O5S2/c1-11-17(32(28,29)25-4-6-30-7-5-25)16-18(31-11)22-10-24(19(16)27)9-15(26)23-12-2-3-14(21)13(20)8-12/h2-3,8,10H,4-7,9H2,1H3,(H,23,26). The zero-order valence-electron chi connectivity index (χ0n) is 16.8. The zero-order valence-corrected chi connectivity index (χ0v) is 19.2. The number of benzene rings is 1. The van der Waals surface area contributed by atoms with Gasteiger partial charge in [-0.15, -0.1) is 11.3 Å². The van der Waals surface area contributed by atoms with E-state index in [4.69, 9.17) is 16.3 Å². The number of hydrogen-bond acceptors (Lipinski definition) is 7. The van der Waals surface area contributed by atoms with Crippen molar-refractivity contribution in [2.45, 2.75) is 18.4 Å². The number of anilines is 1. The number of ether oxygens (including phenoxy) is 1. The number of carbonyl (C=O) groups is 1. The van der Waals surface area contributed by atoms with Crippen molar-refractivity contribution in [1.29, 1.82) is 0 Å². The molecule has 0 unspecified atom stereocenters. The van der Waals surface area contributed by atoms with Crippen molar-refractivity contribution in [1.82, 2.24) is 13.9 Å². The fourth-order valence-corrected chi connectivity index (χ4v) is 6.64. The van der Waals surface area contributed by atoms with Crippen molar-refractivity contribution >= 4 is 54.8 Å². The third-order valence-electron chi connectivity index (χ3n) is 4.88. The summed E-state index contributed by atoms with van der Waals surface area (Å²) in [5.74, 6) is -1.21. The van der Waals surface area contributed by atoms with Crippen LogP contribution in [0.3, 0.4) is 0 Å². The van der Waals surface area contributed by atoms with Crippen LogP contribution in [0.25, 0.3) is 10.2 Å². The lowest BCUT2D eigenvalue weighted by molar-refractivity contribution is -0.116. The second-order valence-corrected chi connectivity index (χ2v) is 10.5. The Morgan fingerprint density at radius 2 is 2.06 bits per heavy atom. The van der Waals surface area contributed by atoms with Crippen LogP contribution < -0.4 is 10.9 Å². The van der Waals surface area contributed by atoms with Crippen LogP contribution in [-0.4, -0.2) is 54.5 Å². The van der Waals surface area contributed by atoms with E-state index in [1.165, 1.54) is 22.8 Å². The molecule has 2 aromatic heterocycles. The van der Waals surface area contributed by atoms with Crippen molar-refractivity contribution < 1.29 is 22.3 Å². The molecule has 32 heavy (non-hydrogen) atoms. The van der Waals surface area contributed by atoms with Crippen molar-refractivity contribution in [3.05, 3.63) is 50.6 Å². The van der Waals surface area contributed by atoms with Crippen molar-refractivity contribution in [2.75, 3.05) is 31.6 Å². The Labute approximate surface area is 191 Å². The molecule has 0 atom stereocenters. The number of amides is 1. The molecule has 3 aromatic rings. The maximum absolute atomic E-state index is 13.3. The number of rotatable bonds is 5.